The molecule has 30 heavy (non-hydrogen) atoms. The summed E-state index contributed by atoms with van der Waals surface area (Å²) in [5, 5.41) is 10.8. The first-order chi connectivity index (χ1) is 14.3. The van der Waals surface area contributed by atoms with Gasteiger partial charge in [-0.25, -0.2) is 0 Å². The highest BCUT2D eigenvalue weighted by Crippen LogP contribution is 2.31. The maximum Gasteiger partial charge on any atom is 0.416 e. The minimum Gasteiger partial charge on any atom is -0.443 e. The predicted molar refractivity (Wildman–Crippen MR) is 97.6 cm³/mol. The maximum atomic E-state index is 12.7. The molecule has 0 amide bonds. The zero-order valence-electron chi connectivity index (χ0n) is 15.4. The van der Waals surface area contributed by atoms with E-state index in [4.69, 9.17) is 9.47 Å². The Hall–Kier alpha value is -3.47. The van der Waals surface area contributed by atoms with Crippen LogP contribution >= 0.6 is 0 Å². The van der Waals surface area contributed by atoms with Crippen molar-refractivity contribution in [2.24, 2.45) is 0 Å². The van der Waals surface area contributed by atoms with Crippen LogP contribution in [0.15, 0.2) is 48.8 Å². The van der Waals surface area contributed by atoms with E-state index >= 15 is 0 Å². The zero-order valence-corrected chi connectivity index (χ0v) is 15.4. The van der Waals surface area contributed by atoms with E-state index in [0.29, 0.717) is 23.4 Å². The summed E-state index contributed by atoms with van der Waals surface area (Å²) in [6.45, 7) is 0.755. The molecule has 156 valence electrons. The quantitative estimate of drug-likeness (QED) is 0.460. The Bertz CT molecular complexity index is 1050. The number of alkyl halides is 3. The van der Waals surface area contributed by atoms with Gasteiger partial charge in [-0.1, -0.05) is 18.2 Å². The number of fused-ring (bicyclic) bond motifs is 1. The van der Waals surface area contributed by atoms with Crippen LogP contribution in [0.4, 0.5) is 19.0 Å². The molecule has 1 aromatic carbocycles. The number of benzene rings is 1. The van der Waals surface area contributed by atoms with Crippen LogP contribution in [0.5, 0.6) is 6.01 Å². The fourth-order valence-electron chi connectivity index (χ4n) is 3.00. The average Bonchev–Trinajstić information content (AvgIpc) is 3.16. The Morgan fingerprint density at radius 1 is 1.20 bits per heavy atom. The van der Waals surface area contributed by atoms with Gasteiger partial charge >= 0.3 is 18.0 Å². The molecule has 0 fully saturated rings. The number of imidazole rings is 1. The summed E-state index contributed by atoms with van der Waals surface area (Å²) in [7, 11) is 0. The molecule has 0 saturated heterocycles. The molecule has 8 nitrogen and oxygen atoms in total. The van der Waals surface area contributed by atoms with Crippen LogP contribution in [-0.2, 0) is 24.1 Å². The largest absolute Gasteiger partial charge is 0.443 e. The SMILES string of the molecule is O=[N+]([O-])c1cn2c(n1)OC[C@H](OCc1ccc(-c3ccc(C(F)(F)F)cc3)cn1)C2. The molecule has 1 atom stereocenters. The first-order valence-electron chi connectivity index (χ1n) is 8.88. The normalized spacial score (nSPS) is 16.0. The zero-order chi connectivity index (χ0) is 21.3. The third-order valence-corrected chi connectivity index (χ3v) is 4.55. The summed E-state index contributed by atoms with van der Waals surface area (Å²) in [6.07, 6.45) is -1.84. The lowest BCUT2D eigenvalue weighted by atomic mass is 10.1. The molecular formula is C19H15F3N4O4. The van der Waals surface area contributed by atoms with E-state index < -0.39 is 16.7 Å². The van der Waals surface area contributed by atoms with Crippen molar-refractivity contribution in [2.45, 2.75) is 25.4 Å². The van der Waals surface area contributed by atoms with E-state index in [1.54, 1.807) is 18.3 Å². The van der Waals surface area contributed by atoms with Crippen molar-refractivity contribution in [3.8, 4) is 17.1 Å². The van der Waals surface area contributed by atoms with Gasteiger partial charge in [0.1, 0.15) is 18.9 Å². The second-order valence-electron chi connectivity index (χ2n) is 6.65. The molecule has 3 aromatic rings. The van der Waals surface area contributed by atoms with Gasteiger partial charge < -0.3 is 19.6 Å². The molecule has 0 N–H and O–H groups in total. The fourth-order valence-corrected chi connectivity index (χ4v) is 3.00. The third-order valence-electron chi connectivity index (χ3n) is 4.55. The van der Waals surface area contributed by atoms with Gasteiger partial charge in [-0.15, -0.1) is 0 Å². The van der Waals surface area contributed by atoms with E-state index in [0.717, 1.165) is 12.1 Å². The Balaban J connectivity index is 1.35. The first-order valence-corrected chi connectivity index (χ1v) is 8.88. The number of pyridine rings is 1. The van der Waals surface area contributed by atoms with Gasteiger partial charge in [0, 0.05) is 16.7 Å². The van der Waals surface area contributed by atoms with Crippen LogP contribution < -0.4 is 4.74 Å². The molecular weight excluding hydrogens is 405 g/mol. The number of aromatic nitrogens is 3. The lowest BCUT2D eigenvalue weighted by Crippen LogP contribution is -2.32. The van der Waals surface area contributed by atoms with E-state index in [2.05, 4.69) is 9.97 Å². The second kappa shape index (κ2) is 7.75. The predicted octanol–water partition coefficient (Wildman–Crippen LogP) is 3.85. The van der Waals surface area contributed by atoms with E-state index in [1.807, 2.05) is 0 Å². The summed E-state index contributed by atoms with van der Waals surface area (Å²) < 4.78 is 50.7. The third kappa shape index (κ3) is 4.25. The van der Waals surface area contributed by atoms with Crippen LogP contribution in [0.2, 0.25) is 0 Å². The molecule has 0 spiro atoms. The van der Waals surface area contributed by atoms with Crippen LogP contribution in [0.25, 0.3) is 11.1 Å². The Morgan fingerprint density at radius 2 is 1.93 bits per heavy atom. The molecule has 11 heteroatoms. The van der Waals surface area contributed by atoms with Crippen molar-refractivity contribution < 1.29 is 27.6 Å². The first kappa shape index (κ1) is 19.8. The number of halogens is 3. The number of nitrogens with zero attached hydrogens (tertiary/aromatic N) is 4. The van der Waals surface area contributed by atoms with Gasteiger partial charge in [-0.2, -0.15) is 13.2 Å². The Labute approximate surface area is 168 Å². The van der Waals surface area contributed by atoms with Gasteiger partial charge in [0.2, 0.25) is 0 Å². The number of ether oxygens (including phenoxy) is 2. The molecule has 0 aliphatic carbocycles. The molecule has 0 bridgehead atoms. The minimum absolute atomic E-state index is 0.181. The fraction of sp³-hybridized carbons (Fsp3) is 0.263. The van der Waals surface area contributed by atoms with Crippen LogP contribution in [0, 0.1) is 10.1 Å². The summed E-state index contributed by atoms with van der Waals surface area (Å²) in [4.78, 5) is 18.3. The second-order valence-corrected chi connectivity index (χ2v) is 6.65. The van der Waals surface area contributed by atoms with Crippen LogP contribution in [-0.4, -0.2) is 32.2 Å². The Morgan fingerprint density at radius 3 is 2.57 bits per heavy atom. The van der Waals surface area contributed by atoms with Gasteiger partial charge in [0.25, 0.3) is 0 Å². The van der Waals surface area contributed by atoms with E-state index in [-0.39, 0.29) is 31.1 Å². The van der Waals surface area contributed by atoms with Crippen molar-refractivity contribution in [3.05, 3.63) is 70.2 Å². The highest BCUT2D eigenvalue weighted by molar-refractivity contribution is 5.62. The van der Waals surface area contributed by atoms with Gasteiger partial charge in [-0.3, -0.25) is 9.55 Å². The molecule has 1 aliphatic rings. The Kier molecular flexibility index (Phi) is 5.12. The van der Waals surface area contributed by atoms with Crippen molar-refractivity contribution in [1.82, 2.24) is 14.5 Å². The van der Waals surface area contributed by atoms with Crippen molar-refractivity contribution in [3.63, 3.8) is 0 Å². The highest BCUT2D eigenvalue weighted by atomic mass is 19.4. The maximum absolute atomic E-state index is 12.7. The highest BCUT2D eigenvalue weighted by Gasteiger charge is 2.30. The van der Waals surface area contributed by atoms with Gasteiger partial charge in [0.05, 0.1) is 24.4 Å². The van der Waals surface area contributed by atoms with Crippen molar-refractivity contribution >= 4 is 5.82 Å². The van der Waals surface area contributed by atoms with Gasteiger partial charge in [0.15, 0.2) is 0 Å². The van der Waals surface area contributed by atoms with E-state index in [9.17, 15) is 23.3 Å². The topological polar surface area (TPSA) is 92.3 Å². The van der Waals surface area contributed by atoms with E-state index in [1.165, 1.54) is 22.9 Å². The monoisotopic (exact) mass is 420 g/mol. The minimum atomic E-state index is -4.37. The molecule has 4 rings (SSSR count). The summed E-state index contributed by atoms with van der Waals surface area (Å²) in [5.41, 5.74) is 1.24. The van der Waals surface area contributed by atoms with Crippen LogP contribution in [0.1, 0.15) is 11.3 Å². The lowest BCUT2D eigenvalue weighted by molar-refractivity contribution is -0.389. The summed E-state index contributed by atoms with van der Waals surface area (Å²) in [6, 6.07) is 8.52. The standard InChI is InChI=1S/C19H15F3N4O4/c20-19(21,22)14-4-1-12(2-5-14)13-3-6-15(23-7-13)10-29-16-8-25-9-17(26(27)28)24-18(25)30-11-16/h1-7,9,16H,8,10-11H2/t16-/m1/s1. The average molecular weight is 420 g/mol. The molecule has 0 radical (unpaired) electrons. The summed E-state index contributed by atoms with van der Waals surface area (Å²) >= 11 is 0. The molecule has 0 saturated carbocycles. The van der Waals surface area contributed by atoms with Crippen molar-refractivity contribution in [1.29, 1.82) is 0 Å². The number of hydrogen-bond acceptors (Lipinski definition) is 6. The van der Waals surface area contributed by atoms with Gasteiger partial charge in [-0.05, 0) is 28.7 Å². The molecule has 2 aromatic heterocycles. The van der Waals surface area contributed by atoms with Crippen molar-refractivity contribution in [2.75, 3.05) is 6.61 Å². The number of hydrogen-bond donors (Lipinski definition) is 0. The van der Waals surface area contributed by atoms with Crippen LogP contribution in [0.3, 0.4) is 0 Å². The number of rotatable bonds is 5. The number of nitro groups is 1. The lowest BCUT2D eigenvalue weighted by Gasteiger charge is -2.22. The molecule has 0 unspecified atom stereocenters. The summed E-state index contributed by atoms with van der Waals surface area (Å²) in [5.74, 6) is -0.286. The molecule has 1 aliphatic heterocycles. The molecule has 3 heterocycles. The smallest absolute Gasteiger partial charge is 0.416 e.